The number of nitrogens with zero attached hydrogens (tertiary/aromatic N) is 3. The Balaban J connectivity index is 1.63. The van der Waals surface area contributed by atoms with Crippen LogP contribution in [0.15, 0.2) is 64.8 Å². The molecule has 0 aliphatic carbocycles. The monoisotopic (exact) mass is 392 g/mol. The number of aromatic nitrogens is 2. The molecule has 2 aromatic carbocycles. The van der Waals surface area contributed by atoms with Crippen molar-refractivity contribution >= 4 is 29.3 Å². The summed E-state index contributed by atoms with van der Waals surface area (Å²) in [6, 6.07) is 13.1. The van der Waals surface area contributed by atoms with Crippen molar-refractivity contribution in [2.45, 2.75) is 23.3 Å². The topological polar surface area (TPSA) is 67.2 Å². The number of carbonyl (C=O) groups excluding carboxylic acids is 2. The Hall–Kier alpha value is -3.06. The number of imidazole rings is 1. The fourth-order valence-corrected chi connectivity index (χ4v) is 4.27. The van der Waals surface area contributed by atoms with Crippen molar-refractivity contribution in [2.24, 2.45) is 7.05 Å². The summed E-state index contributed by atoms with van der Waals surface area (Å²) in [5, 5.41) is 2.89. The Labute approximate surface area is 167 Å². The van der Waals surface area contributed by atoms with Crippen molar-refractivity contribution in [3.8, 4) is 0 Å². The number of carbonyl (C=O) groups is 2. The number of amides is 2. The maximum Gasteiger partial charge on any atom is 0.259 e. The fraction of sp³-hybridized carbons (Fsp3) is 0.190. The van der Waals surface area contributed by atoms with Crippen molar-refractivity contribution < 1.29 is 9.59 Å². The van der Waals surface area contributed by atoms with E-state index < -0.39 is 0 Å². The molecule has 1 aliphatic rings. The smallest absolute Gasteiger partial charge is 0.259 e. The average molecular weight is 392 g/mol. The quantitative estimate of drug-likeness (QED) is 0.738. The molecule has 0 radical (unpaired) electrons. The normalized spacial score (nSPS) is 12.9. The van der Waals surface area contributed by atoms with E-state index in [4.69, 9.17) is 0 Å². The Morgan fingerprint density at radius 1 is 1.18 bits per heavy atom. The Kier molecular flexibility index (Phi) is 4.92. The standard InChI is InChI=1S/C21H20N4O2S/c1-3-25-17-10-14(20(26)22-11-15-12-24(2)13-23-15)8-9-19(17)28-18-7-5-4-6-16(18)21(25)27/h4-10,12-13H,3,11H2,1-2H3,(H,22,26). The van der Waals surface area contributed by atoms with Gasteiger partial charge in [0.05, 0.1) is 29.8 Å². The zero-order valence-corrected chi connectivity index (χ0v) is 16.5. The van der Waals surface area contributed by atoms with Crippen LogP contribution in [0.1, 0.15) is 33.3 Å². The van der Waals surface area contributed by atoms with Gasteiger partial charge in [0.15, 0.2) is 0 Å². The van der Waals surface area contributed by atoms with Crippen LogP contribution in [0.2, 0.25) is 0 Å². The molecule has 6 nitrogen and oxygen atoms in total. The van der Waals surface area contributed by atoms with Gasteiger partial charge < -0.3 is 14.8 Å². The second-order valence-corrected chi connectivity index (χ2v) is 7.63. The van der Waals surface area contributed by atoms with E-state index >= 15 is 0 Å². The highest BCUT2D eigenvalue weighted by Crippen LogP contribution is 2.41. The zero-order valence-electron chi connectivity index (χ0n) is 15.7. The average Bonchev–Trinajstić information content (AvgIpc) is 3.08. The second kappa shape index (κ2) is 7.52. The van der Waals surface area contributed by atoms with Gasteiger partial charge in [-0.05, 0) is 37.3 Å². The molecule has 1 aliphatic heterocycles. The molecule has 0 saturated heterocycles. The molecule has 0 bridgehead atoms. The Bertz CT molecular complexity index is 1060. The summed E-state index contributed by atoms with van der Waals surface area (Å²) >= 11 is 1.55. The van der Waals surface area contributed by atoms with Crippen LogP contribution >= 0.6 is 11.8 Å². The molecule has 2 amide bonds. The molecule has 3 aromatic rings. The van der Waals surface area contributed by atoms with Crippen LogP contribution in [-0.4, -0.2) is 27.9 Å². The molecule has 0 atom stereocenters. The minimum Gasteiger partial charge on any atom is -0.346 e. The van der Waals surface area contributed by atoms with Crippen molar-refractivity contribution in [1.29, 1.82) is 0 Å². The Morgan fingerprint density at radius 2 is 2.00 bits per heavy atom. The van der Waals surface area contributed by atoms with Crippen molar-refractivity contribution in [2.75, 3.05) is 11.4 Å². The summed E-state index contributed by atoms with van der Waals surface area (Å²) < 4.78 is 1.84. The molecule has 0 spiro atoms. The first-order valence-corrected chi connectivity index (χ1v) is 9.86. The summed E-state index contributed by atoms with van der Waals surface area (Å²) in [6.45, 7) is 2.82. The third-order valence-electron chi connectivity index (χ3n) is 4.60. The Morgan fingerprint density at radius 3 is 2.75 bits per heavy atom. The van der Waals surface area contributed by atoms with Gasteiger partial charge in [0.25, 0.3) is 11.8 Å². The molecule has 142 valence electrons. The van der Waals surface area contributed by atoms with Gasteiger partial charge in [-0.15, -0.1) is 0 Å². The third-order valence-corrected chi connectivity index (χ3v) is 5.74. The largest absolute Gasteiger partial charge is 0.346 e. The number of benzene rings is 2. The van der Waals surface area contributed by atoms with Gasteiger partial charge in [0.2, 0.25) is 0 Å². The number of aryl methyl sites for hydroxylation is 1. The molecular formula is C21H20N4O2S. The number of hydrogen-bond acceptors (Lipinski definition) is 4. The van der Waals surface area contributed by atoms with Crippen molar-refractivity contribution in [3.05, 3.63) is 71.8 Å². The number of fused-ring (bicyclic) bond motifs is 2. The van der Waals surface area contributed by atoms with Crippen LogP contribution in [0.4, 0.5) is 5.69 Å². The highest BCUT2D eigenvalue weighted by atomic mass is 32.2. The van der Waals surface area contributed by atoms with Crippen LogP contribution in [0, 0.1) is 0 Å². The van der Waals surface area contributed by atoms with Crippen molar-refractivity contribution in [1.82, 2.24) is 14.9 Å². The van der Waals surface area contributed by atoms with Gasteiger partial charge in [-0.2, -0.15) is 0 Å². The highest BCUT2D eigenvalue weighted by molar-refractivity contribution is 7.99. The van der Waals surface area contributed by atoms with E-state index in [1.165, 1.54) is 0 Å². The van der Waals surface area contributed by atoms with E-state index in [0.717, 1.165) is 21.2 Å². The molecule has 4 rings (SSSR count). The summed E-state index contributed by atoms with van der Waals surface area (Å²) in [6.07, 6.45) is 3.56. The first kappa shape index (κ1) is 18.3. The lowest BCUT2D eigenvalue weighted by molar-refractivity contribution is 0.0947. The van der Waals surface area contributed by atoms with Gasteiger partial charge in [-0.25, -0.2) is 4.98 Å². The summed E-state index contributed by atoms with van der Waals surface area (Å²) in [5.41, 5.74) is 2.76. The van der Waals surface area contributed by atoms with Crippen LogP contribution in [-0.2, 0) is 13.6 Å². The molecule has 28 heavy (non-hydrogen) atoms. The van der Waals surface area contributed by atoms with E-state index in [9.17, 15) is 9.59 Å². The van der Waals surface area contributed by atoms with Crippen LogP contribution in [0.3, 0.4) is 0 Å². The van der Waals surface area contributed by atoms with E-state index in [-0.39, 0.29) is 11.8 Å². The maximum atomic E-state index is 13.0. The highest BCUT2D eigenvalue weighted by Gasteiger charge is 2.26. The molecule has 0 unspecified atom stereocenters. The van der Waals surface area contributed by atoms with Gasteiger partial charge in [-0.3, -0.25) is 9.59 Å². The minimum absolute atomic E-state index is 0.0459. The predicted molar refractivity (Wildman–Crippen MR) is 109 cm³/mol. The zero-order chi connectivity index (χ0) is 19.7. The number of rotatable bonds is 4. The number of nitrogens with one attached hydrogen (secondary N) is 1. The summed E-state index contributed by atoms with van der Waals surface area (Å²) in [5.74, 6) is -0.237. The number of hydrogen-bond donors (Lipinski definition) is 1. The lowest BCUT2D eigenvalue weighted by Crippen LogP contribution is -2.31. The van der Waals surface area contributed by atoms with Crippen LogP contribution < -0.4 is 10.2 Å². The van der Waals surface area contributed by atoms with Gasteiger partial charge in [0.1, 0.15) is 0 Å². The molecule has 2 heterocycles. The molecule has 1 aromatic heterocycles. The maximum absolute atomic E-state index is 13.0. The van der Waals surface area contributed by atoms with Gasteiger partial charge in [0, 0.05) is 35.1 Å². The lowest BCUT2D eigenvalue weighted by atomic mass is 10.1. The molecule has 0 saturated carbocycles. The SMILES string of the molecule is CCN1C(=O)c2ccccc2Sc2ccc(C(=O)NCc3cn(C)cn3)cc21. The predicted octanol–water partition coefficient (Wildman–Crippen LogP) is 3.48. The first-order chi connectivity index (χ1) is 13.6. The van der Waals surface area contributed by atoms with E-state index in [1.54, 1.807) is 35.1 Å². The number of anilines is 1. The van der Waals surface area contributed by atoms with Gasteiger partial charge >= 0.3 is 0 Å². The minimum atomic E-state index is -0.191. The van der Waals surface area contributed by atoms with E-state index in [1.807, 2.05) is 55.1 Å². The van der Waals surface area contributed by atoms with Crippen LogP contribution in [0.25, 0.3) is 0 Å². The van der Waals surface area contributed by atoms with E-state index in [2.05, 4.69) is 10.3 Å². The van der Waals surface area contributed by atoms with Crippen molar-refractivity contribution in [3.63, 3.8) is 0 Å². The molecular weight excluding hydrogens is 372 g/mol. The first-order valence-electron chi connectivity index (χ1n) is 9.04. The summed E-state index contributed by atoms with van der Waals surface area (Å²) in [7, 11) is 1.89. The second-order valence-electron chi connectivity index (χ2n) is 6.54. The summed E-state index contributed by atoms with van der Waals surface area (Å²) in [4.78, 5) is 33.5. The molecule has 1 N–H and O–H groups in total. The van der Waals surface area contributed by atoms with E-state index in [0.29, 0.717) is 24.2 Å². The third kappa shape index (κ3) is 3.41. The van der Waals surface area contributed by atoms with Crippen LogP contribution in [0.5, 0.6) is 0 Å². The van der Waals surface area contributed by atoms with Gasteiger partial charge in [-0.1, -0.05) is 23.9 Å². The fourth-order valence-electron chi connectivity index (χ4n) is 3.21. The lowest BCUT2D eigenvalue weighted by Gasteiger charge is -2.21. The molecule has 0 fully saturated rings. The molecule has 7 heteroatoms.